The normalized spacial score (nSPS) is 20.6. The van der Waals surface area contributed by atoms with Crippen molar-refractivity contribution in [1.29, 1.82) is 5.26 Å². The van der Waals surface area contributed by atoms with Gasteiger partial charge in [0.2, 0.25) is 0 Å². The zero-order chi connectivity index (χ0) is 27.4. The number of rotatable bonds is 4. The van der Waals surface area contributed by atoms with Gasteiger partial charge < -0.3 is 4.90 Å². The van der Waals surface area contributed by atoms with E-state index in [2.05, 4.69) is 143 Å². The highest BCUT2D eigenvalue weighted by atomic mass is 15.2. The second-order valence-electron chi connectivity index (χ2n) is 11.7. The van der Waals surface area contributed by atoms with Crippen molar-refractivity contribution in [3.63, 3.8) is 0 Å². The maximum atomic E-state index is 9.65. The molecule has 1 aliphatic carbocycles. The summed E-state index contributed by atoms with van der Waals surface area (Å²) < 4.78 is 0. The Bertz CT molecular complexity index is 1740. The van der Waals surface area contributed by atoms with Gasteiger partial charge in [-0.15, -0.1) is 0 Å². The number of hydrogen-bond donors (Lipinski definition) is 0. The Kier molecular flexibility index (Phi) is 5.85. The minimum absolute atomic E-state index is 0.102. The van der Waals surface area contributed by atoms with E-state index >= 15 is 0 Å². The maximum Gasteiger partial charge on any atom is 0.0991 e. The summed E-state index contributed by atoms with van der Waals surface area (Å²) in [6, 6.07) is 32.4. The summed E-state index contributed by atoms with van der Waals surface area (Å²) in [6.07, 6.45) is 7.72. The SMILES string of the molecule is CC1=C(/C=C/C=C2/N(C)c3c(ccc4ccccc34)C2(C)C)C(C)(Cc2ccccc2)c2cc(C#N)ccc21. The van der Waals surface area contributed by atoms with Gasteiger partial charge in [0.25, 0.3) is 0 Å². The first kappa shape index (κ1) is 25.0. The van der Waals surface area contributed by atoms with Crippen molar-refractivity contribution in [3.8, 4) is 6.07 Å². The first-order valence-corrected chi connectivity index (χ1v) is 13.7. The van der Waals surface area contributed by atoms with E-state index in [4.69, 9.17) is 0 Å². The van der Waals surface area contributed by atoms with Crippen LogP contribution in [0, 0.1) is 11.3 Å². The smallest absolute Gasteiger partial charge is 0.0991 e. The lowest BCUT2D eigenvalue weighted by Gasteiger charge is -2.29. The van der Waals surface area contributed by atoms with E-state index in [0.29, 0.717) is 5.56 Å². The molecule has 1 aliphatic heterocycles. The molecule has 2 aliphatic rings. The van der Waals surface area contributed by atoms with Crippen molar-refractivity contribution in [2.45, 2.75) is 44.9 Å². The van der Waals surface area contributed by atoms with Gasteiger partial charge in [0.05, 0.1) is 17.3 Å². The van der Waals surface area contributed by atoms with Gasteiger partial charge in [-0.2, -0.15) is 5.26 Å². The van der Waals surface area contributed by atoms with Gasteiger partial charge in [0.1, 0.15) is 0 Å². The van der Waals surface area contributed by atoms with Crippen molar-refractivity contribution in [2.75, 3.05) is 11.9 Å². The molecule has 0 bridgehead atoms. The number of anilines is 1. The molecule has 0 saturated carbocycles. The Balaban J connectivity index is 1.42. The molecular weight excluding hydrogens is 472 g/mol. The van der Waals surface area contributed by atoms with Crippen molar-refractivity contribution in [2.24, 2.45) is 0 Å². The molecule has 6 rings (SSSR count). The molecule has 0 aromatic heterocycles. The van der Waals surface area contributed by atoms with Gasteiger partial charge in [0.15, 0.2) is 0 Å². The molecule has 0 radical (unpaired) electrons. The van der Waals surface area contributed by atoms with Gasteiger partial charge in [-0.05, 0) is 70.3 Å². The fraction of sp³-hybridized carbons (Fsp3) is 0.216. The molecule has 4 aromatic rings. The summed E-state index contributed by atoms with van der Waals surface area (Å²) in [5, 5.41) is 12.2. The molecule has 0 N–H and O–H groups in total. The molecule has 0 fully saturated rings. The van der Waals surface area contributed by atoms with Gasteiger partial charge in [-0.3, -0.25) is 0 Å². The Labute approximate surface area is 232 Å². The number of fused-ring (bicyclic) bond motifs is 4. The quantitative estimate of drug-likeness (QED) is 0.276. The number of benzene rings is 4. The molecule has 1 atom stereocenters. The summed E-state index contributed by atoms with van der Waals surface area (Å²) in [7, 11) is 2.19. The molecule has 1 unspecified atom stereocenters. The highest BCUT2D eigenvalue weighted by Gasteiger charge is 2.40. The second-order valence-corrected chi connectivity index (χ2v) is 11.7. The monoisotopic (exact) mass is 506 g/mol. The Morgan fingerprint density at radius 1 is 0.872 bits per heavy atom. The summed E-state index contributed by atoms with van der Waals surface area (Å²) in [5.41, 5.74) is 10.7. The van der Waals surface area contributed by atoms with Gasteiger partial charge in [-0.25, -0.2) is 0 Å². The van der Waals surface area contributed by atoms with Crippen LogP contribution in [0.1, 0.15) is 55.5 Å². The average molecular weight is 507 g/mol. The molecule has 39 heavy (non-hydrogen) atoms. The summed E-state index contributed by atoms with van der Waals surface area (Å²) in [5.74, 6) is 0. The third-order valence-electron chi connectivity index (χ3n) is 8.97. The number of likely N-dealkylation sites (N-methyl/N-ethyl adjacent to an activating group) is 1. The van der Waals surface area contributed by atoms with E-state index in [1.807, 2.05) is 6.07 Å². The van der Waals surface area contributed by atoms with Crippen LogP contribution in [0.5, 0.6) is 0 Å². The van der Waals surface area contributed by atoms with Crippen LogP contribution in [0.15, 0.2) is 114 Å². The van der Waals surface area contributed by atoms with Crippen LogP contribution in [-0.2, 0) is 17.3 Å². The van der Waals surface area contributed by atoms with Crippen LogP contribution in [0.4, 0.5) is 5.69 Å². The predicted octanol–water partition coefficient (Wildman–Crippen LogP) is 8.87. The average Bonchev–Trinajstić information content (AvgIpc) is 3.27. The van der Waals surface area contributed by atoms with Crippen molar-refractivity contribution >= 4 is 22.0 Å². The highest BCUT2D eigenvalue weighted by molar-refractivity contribution is 5.99. The van der Waals surface area contributed by atoms with Crippen molar-refractivity contribution in [3.05, 3.63) is 142 Å². The predicted molar refractivity (Wildman–Crippen MR) is 164 cm³/mol. The van der Waals surface area contributed by atoms with Crippen LogP contribution in [-0.4, -0.2) is 7.05 Å². The number of nitriles is 1. The zero-order valence-corrected chi connectivity index (χ0v) is 23.4. The Morgan fingerprint density at radius 3 is 2.38 bits per heavy atom. The van der Waals surface area contributed by atoms with Crippen LogP contribution in [0.3, 0.4) is 0 Å². The van der Waals surface area contributed by atoms with Gasteiger partial charge in [-0.1, -0.05) is 106 Å². The van der Waals surface area contributed by atoms with E-state index in [0.717, 1.165) is 6.42 Å². The number of hydrogen-bond acceptors (Lipinski definition) is 2. The maximum absolute atomic E-state index is 9.65. The lowest BCUT2D eigenvalue weighted by atomic mass is 9.74. The lowest BCUT2D eigenvalue weighted by Crippen LogP contribution is -2.25. The van der Waals surface area contributed by atoms with Crippen LogP contribution in [0.25, 0.3) is 16.3 Å². The van der Waals surface area contributed by atoms with Crippen molar-refractivity contribution in [1.82, 2.24) is 0 Å². The Hall–Kier alpha value is -4.35. The minimum Gasteiger partial charge on any atom is -0.347 e. The summed E-state index contributed by atoms with van der Waals surface area (Å²) in [6.45, 7) is 9.20. The fourth-order valence-electron chi connectivity index (χ4n) is 6.96. The third-order valence-corrected chi connectivity index (χ3v) is 8.97. The topological polar surface area (TPSA) is 27.0 Å². The van der Waals surface area contributed by atoms with Crippen molar-refractivity contribution < 1.29 is 0 Å². The first-order chi connectivity index (χ1) is 18.8. The molecule has 4 aromatic carbocycles. The van der Waals surface area contributed by atoms with E-state index in [1.54, 1.807) is 0 Å². The first-order valence-electron chi connectivity index (χ1n) is 13.7. The highest BCUT2D eigenvalue weighted by Crippen LogP contribution is 2.51. The largest absolute Gasteiger partial charge is 0.347 e. The van der Waals surface area contributed by atoms with Gasteiger partial charge in [0, 0.05) is 29.0 Å². The van der Waals surface area contributed by atoms with E-state index < -0.39 is 0 Å². The Morgan fingerprint density at radius 2 is 1.62 bits per heavy atom. The molecule has 1 heterocycles. The molecule has 0 spiro atoms. The second kappa shape index (κ2) is 9.14. The minimum atomic E-state index is -0.223. The number of nitrogens with zero attached hydrogens (tertiary/aromatic N) is 2. The molecule has 2 nitrogen and oxygen atoms in total. The number of allylic oxidation sites excluding steroid dienone is 6. The third kappa shape index (κ3) is 3.84. The lowest BCUT2D eigenvalue weighted by molar-refractivity contribution is 0.577. The van der Waals surface area contributed by atoms with Crippen LogP contribution < -0.4 is 4.90 Å². The standard InChI is InChI=1S/C37H34N2/c1-25-29-20-18-27(24-38)22-33(29)37(4,23-26-12-7-6-8-13-26)31(25)16-11-17-34-36(2,3)32-21-19-28-14-9-10-15-30(28)35(32)39(34)5/h6-22H,23H2,1-5H3/b16-11+,34-17+. The molecule has 2 heteroatoms. The zero-order valence-electron chi connectivity index (χ0n) is 23.4. The molecular formula is C37H34N2. The molecule has 192 valence electrons. The fourth-order valence-corrected chi connectivity index (χ4v) is 6.96. The van der Waals surface area contributed by atoms with Crippen LogP contribution >= 0.6 is 0 Å². The van der Waals surface area contributed by atoms with E-state index in [9.17, 15) is 5.26 Å². The van der Waals surface area contributed by atoms with Gasteiger partial charge >= 0.3 is 0 Å². The van der Waals surface area contributed by atoms with Crippen LogP contribution in [0.2, 0.25) is 0 Å². The molecule has 0 amide bonds. The summed E-state index contributed by atoms with van der Waals surface area (Å²) >= 11 is 0. The molecule has 0 saturated heterocycles. The summed E-state index contributed by atoms with van der Waals surface area (Å²) in [4.78, 5) is 2.37. The van der Waals surface area contributed by atoms with E-state index in [1.165, 1.54) is 55.6 Å². The van der Waals surface area contributed by atoms with E-state index in [-0.39, 0.29) is 10.8 Å².